The number of hydrogen-bond donors (Lipinski definition) is 3. The van der Waals surface area contributed by atoms with Crippen LogP contribution in [-0.4, -0.2) is 70.6 Å². The van der Waals surface area contributed by atoms with E-state index in [0.29, 0.717) is 0 Å². The largest absolute Gasteiger partial charge is 0.479 e. The lowest BCUT2D eigenvalue weighted by Crippen LogP contribution is -2.51. The second-order valence-electron chi connectivity index (χ2n) is 8.69. The lowest BCUT2D eigenvalue weighted by atomic mass is 9.98. The van der Waals surface area contributed by atoms with Gasteiger partial charge in [-0.3, -0.25) is 4.79 Å². The molecule has 0 bridgehead atoms. The van der Waals surface area contributed by atoms with Gasteiger partial charge in [0.25, 0.3) is 0 Å². The summed E-state index contributed by atoms with van der Waals surface area (Å²) >= 11 is 0. The summed E-state index contributed by atoms with van der Waals surface area (Å²) in [4.78, 5) is 37.2. The number of benzene rings is 2. The number of β-amino-alcohol motifs (C(OH)–C–C–N with tert-alkyl or cyclic N) is 1. The van der Waals surface area contributed by atoms with Crippen molar-refractivity contribution in [2.24, 2.45) is 0 Å². The van der Waals surface area contributed by atoms with Crippen LogP contribution >= 0.6 is 0 Å². The summed E-state index contributed by atoms with van der Waals surface area (Å²) < 4.78 is 44.7. The smallest absolute Gasteiger partial charge is 0.407 e. The number of amides is 2. The number of nitrogens with zero attached hydrogens (tertiary/aromatic N) is 1. The predicted octanol–water partition coefficient (Wildman–Crippen LogP) is 2.89. The molecule has 0 aromatic heterocycles. The van der Waals surface area contributed by atoms with E-state index in [9.17, 15) is 32.7 Å². The standard InChI is InChI=1S/C24H23F3N2O6/c25-24(26,27)11-19(20(30)29-10-9-23(34,13-29)21(31)32)28-22(33)35-12-18-16-7-3-1-5-14(16)15-6-2-4-8-17(15)18/h1-8,18-19,34H,9-13H2,(H,28,33)(H,31,32). The van der Waals surface area contributed by atoms with Gasteiger partial charge in [-0.1, -0.05) is 48.5 Å². The second-order valence-corrected chi connectivity index (χ2v) is 8.69. The number of alkyl carbamates (subject to hydrolysis) is 1. The topological polar surface area (TPSA) is 116 Å². The minimum atomic E-state index is -4.79. The van der Waals surface area contributed by atoms with Crippen LogP contribution in [-0.2, 0) is 14.3 Å². The van der Waals surface area contributed by atoms with Gasteiger partial charge < -0.3 is 25.2 Å². The fraction of sp³-hybridized carbons (Fsp3) is 0.375. The van der Waals surface area contributed by atoms with E-state index in [4.69, 9.17) is 9.84 Å². The van der Waals surface area contributed by atoms with Gasteiger partial charge in [-0.2, -0.15) is 13.2 Å². The van der Waals surface area contributed by atoms with Crippen LogP contribution in [0.1, 0.15) is 29.9 Å². The van der Waals surface area contributed by atoms with Crippen molar-refractivity contribution in [2.75, 3.05) is 19.7 Å². The summed E-state index contributed by atoms with van der Waals surface area (Å²) in [7, 11) is 0. The number of hydrogen-bond acceptors (Lipinski definition) is 5. The summed E-state index contributed by atoms with van der Waals surface area (Å²) in [5, 5.41) is 21.1. The number of rotatable bonds is 6. The number of alkyl halides is 3. The number of halogens is 3. The van der Waals surface area contributed by atoms with E-state index in [1.807, 2.05) is 53.8 Å². The molecule has 1 heterocycles. The molecule has 3 N–H and O–H groups in total. The fourth-order valence-corrected chi connectivity index (χ4v) is 4.59. The molecule has 1 aliphatic carbocycles. The van der Waals surface area contributed by atoms with Gasteiger partial charge in [0.2, 0.25) is 5.91 Å². The van der Waals surface area contributed by atoms with E-state index >= 15 is 0 Å². The molecule has 2 amide bonds. The van der Waals surface area contributed by atoms with Crippen molar-refractivity contribution in [1.29, 1.82) is 0 Å². The molecule has 1 saturated heterocycles. The van der Waals surface area contributed by atoms with E-state index in [1.54, 1.807) is 0 Å². The summed E-state index contributed by atoms with van der Waals surface area (Å²) in [6, 6.07) is 13.0. The zero-order chi connectivity index (χ0) is 25.4. The minimum absolute atomic E-state index is 0.157. The average molecular weight is 492 g/mol. The number of aliphatic hydroxyl groups is 1. The number of carbonyl (C=O) groups excluding carboxylic acids is 2. The van der Waals surface area contributed by atoms with Gasteiger partial charge in [0.15, 0.2) is 5.60 Å². The molecule has 2 aliphatic rings. The Balaban J connectivity index is 1.45. The van der Waals surface area contributed by atoms with Crippen LogP contribution in [0.2, 0.25) is 0 Å². The highest BCUT2D eigenvalue weighted by atomic mass is 19.4. The molecule has 0 radical (unpaired) electrons. The Labute approximate surface area is 198 Å². The molecule has 0 saturated carbocycles. The Morgan fingerprint density at radius 1 is 1.09 bits per heavy atom. The molecule has 186 valence electrons. The van der Waals surface area contributed by atoms with Crippen molar-refractivity contribution < 1.29 is 42.5 Å². The maximum Gasteiger partial charge on any atom is 0.407 e. The number of carboxylic acid groups (broad SMARTS) is 1. The van der Waals surface area contributed by atoms with Crippen LogP contribution in [0.3, 0.4) is 0 Å². The molecule has 4 rings (SSSR count). The Hall–Kier alpha value is -3.60. The number of likely N-dealkylation sites (tertiary alicyclic amines) is 1. The first-order chi connectivity index (χ1) is 16.5. The van der Waals surface area contributed by atoms with Crippen LogP contribution in [0.5, 0.6) is 0 Å². The number of carbonyl (C=O) groups is 3. The van der Waals surface area contributed by atoms with Gasteiger partial charge in [-0.25, -0.2) is 9.59 Å². The molecular weight excluding hydrogens is 469 g/mol. The van der Waals surface area contributed by atoms with Crippen molar-refractivity contribution in [1.82, 2.24) is 10.2 Å². The first kappa shape index (κ1) is 24.5. The number of ether oxygens (including phenoxy) is 1. The van der Waals surface area contributed by atoms with Gasteiger partial charge in [-0.15, -0.1) is 0 Å². The normalized spacial score (nSPS) is 20.2. The molecule has 11 heteroatoms. The van der Waals surface area contributed by atoms with Crippen LogP contribution in [0.15, 0.2) is 48.5 Å². The predicted molar refractivity (Wildman–Crippen MR) is 116 cm³/mol. The third-order valence-corrected chi connectivity index (χ3v) is 6.33. The SMILES string of the molecule is O=C(NC(CC(F)(F)F)C(=O)N1CCC(O)(C(=O)O)C1)OCC1c2ccccc2-c2ccccc21. The van der Waals surface area contributed by atoms with Crippen LogP contribution < -0.4 is 5.32 Å². The minimum Gasteiger partial charge on any atom is -0.479 e. The molecule has 1 fully saturated rings. The zero-order valence-corrected chi connectivity index (χ0v) is 18.4. The molecule has 0 spiro atoms. The molecule has 2 aromatic rings. The van der Waals surface area contributed by atoms with Gasteiger partial charge in [0.1, 0.15) is 12.6 Å². The Kier molecular flexibility index (Phi) is 6.46. The summed E-state index contributed by atoms with van der Waals surface area (Å²) in [6.45, 7) is -1.10. The maximum absolute atomic E-state index is 13.1. The maximum atomic E-state index is 13.1. The summed E-state index contributed by atoms with van der Waals surface area (Å²) in [5.74, 6) is -3.05. The Morgan fingerprint density at radius 2 is 1.66 bits per heavy atom. The van der Waals surface area contributed by atoms with E-state index in [0.717, 1.165) is 27.2 Å². The Morgan fingerprint density at radius 3 is 2.17 bits per heavy atom. The summed E-state index contributed by atoms with van der Waals surface area (Å²) in [6.07, 6.45) is -8.00. The first-order valence-corrected chi connectivity index (χ1v) is 10.9. The van der Waals surface area contributed by atoms with Crippen molar-refractivity contribution in [2.45, 2.75) is 36.6 Å². The van der Waals surface area contributed by atoms with E-state index in [1.165, 1.54) is 0 Å². The molecule has 2 aromatic carbocycles. The number of carboxylic acids is 1. The molecule has 2 atom stereocenters. The fourth-order valence-electron chi connectivity index (χ4n) is 4.59. The van der Waals surface area contributed by atoms with Crippen LogP contribution in [0.4, 0.5) is 18.0 Å². The van der Waals surface area contributed by atoms with Crippen molar-refractivity contribution in [3.63, 3.8) is 0 Å². The van der Waals surface area contributed by atoms with Gasteiger partial charge >= 0.3 is 18.2 Å². The highest BCUT2D eigenvalue weighted by Gasteiger charge is 2.47. The lowest BCUT2D eigenvalue weighted by Gasteiger charge is -2.26. The van der Waals surface area contributed by atoms with Crippen molar-refractivity contribution in [3.05, 3.63) is 59.7 Å². The van der Waals surface area contributed by atoms with Gasteiger partial charge in [-0.05, 0) is 22.3 Å². The van der Waals surface area contributed by atoms with E-state index in [2.05, 4.69) is 0 Å². The second kappa shape index (κ2) is 9.21. The number of aliphatic carboxylic acids is 1. The van der Waals surface area contributed by atoms with E-state index < -0.39 is 48.8 Å². The highest BCUT2D eigenvalue weighted by molar-refractivity contribution is 5.88. The quantitative estimate of drug-likeness (QED) is 0.571. The first-order valence-electron chi connectivity index (χ1n) is 10.9. The van der Waals surface area contributed by atoms with Gasteiger partial charge in [0, 0.05) is 18.9 Å². The molecule has 35 heavy (non-hydrogen) atoms. The third-order valence-electron chi connectivity index (χ3n) is 6.33. The lowest BCUT2D eigenvalue weighted by molar-refractivity contribution is -0.159. The van der Waals surface area contributed by atoms with Crippen LogP contribution in [0, 0.1) is 0 Å². The number of nitrogens with one attached hydrogen (secondary N) is 1. The highest BCUT2D eigenvalue weighted by Crippen LogP contribution is 2.44. The average Bonchev–Trinajstić information content (AvgIpc) is 3.35. The molecule has 2 unspecified atom stereocenters. The van der Waals surface area contributed by atoms with E-state index in [-0.39, 0.29) is 25.5 Å². The van der Waals surface area contributed by atoms with Crippen molar-refractivity contribution in [3.8, 4) is 11.1 Å². The van der Waals surface area contributed by atoms with Crippen LogP contribution in [0.25, 0.3) is 11.1 Å². The number of fused-ring (bicyclic) bond motifs is 3. The molecule has 1 aliphatic heterocycles. The van der Waals surface area contributed by atoms with Gasteiger partial charge in [0.05, 0.1) is 13.0 Å². The van der Waals surface area contributed by atoms with Crippen molar-refractivity contribution >= 4 is 18.0 Å². The monoisotopic (exact) mass is 492 g/mol. The summed E-state index contributed by atoms with van der Waals surface area (Å²) in [5.41, 5.74) is 1.52. The zero-order valence-electron chi connectivity index (χ0n) is 18.4. The Bertz CT molecular complexity index is 1110. The molecule has 8 nitrogen and oxygen atoms in total. The third kappa shape index (κ3) is 5.09. The molecular formula is C24H23F3N2O6.